The van der Waals surface area contributed by atoms with E-state index in [-0.39, 0.29) is 23.8 Å². The van der Waals surface area contributed by atoms with E-state index >= 15 is 0 Å². The quantitative estimate of drug-likeness (QED) is 0.898. The molecule has 1 aliphatic heterocycles. The first-order valence-electron chi connectivity index (χ1n) is 8.78. The van der Waals surface area contributed by atoms with Gasteiger partial charge < -0.3 is 15.0 Å². The van der Waals surface area contributed by atoms with E-state index < -0.39 is 0 Å². The summed E-state index contributed by atoms with van der Waals surface area (Å²) in [7, 11) is 1.63. The van der Waals surface area contributed by atoms with Gasteiger partial charge in [0.05, 0.1) is 13.5 Å². The summed E-state index contributed by atoms with van der Waals surface area (Å²) in [6, 6.07) is 7.85. The predicted molar refractivity (Wildman–Crippen MR) is 91.7 cm³/mol. The van der Waals surface area contributed by atoms with Crippen molar-refractivity contribution >= 4 is 11.8 Å². The van der Waals surface area contributed by atoms with Crippen LogP contribution in [0.15, 0.2) is 24.3 Å². The molecule has 0 bridgehead atoms. The number of rotatable bonds is 5. The number of hydrogen-bond donors (Lipinski definition) is 1. The maximum atomic E-state index is 12.5. The topological polar surface area (TPSA) is 58.6 Å². The smallest absolute Gasteiger partial charge is 0.226 e. The number of nitrogens with zero attached hydrogens (tertiary/aromatic N) is 1. The van der Waals surface area contributed by atoms with Crippen LogP contribution in [-0.2, 0) is 16.0 Å². The Morgan fingerprint density at radius 1 is 1.29 bits per heavy atom. The number of nitrogens with one attached hydrogen (secondary N) is 1. The van der Waals surface area contributed by atoms with Crippen LogP contribution in [0.5, 0.6) is 5.75 Å². The Kier molecular flexibility index (Phi) is 5.07. The predicted octanol–water partition coefficient (Wildman–Crippen LogP) is 2.00. The number of amides is 2. The second-order valence-corrected chi connectivity index (χ2v) is 7.01. The van der Waals surface area contributed by atoms with Crippen molar-refractivity contribution in [1.82, 2.24) is 10.2 Å². The molecular formula is C19H26N2O3. The molecule has 1 N–H and O–H groups in total. The van der Waals surface area contributed by atoms with E-state index in [4.69, 9.17) is 4.74 Å². The molecule has 3 rings (SSSR count). The highest BCUT2D eigenvalue weighted by Gasteiger charge is 2.40. The van der Waals surface area contributed by atoms with E-state index in [9.17, 15) is 9.59 Å². The molecule has 5 nitrogen and oxygen atoms in total. The van der Waals surface area contributed by atoms with Crippen LogP contribution < -0.4 is 10.1 Å². The van der Waals surface area contributed by atoms with Gasteiger partial charge in [-0.15, -0.1) is 0 Å². The second kappa shape index (κ2) is 7.24. The highest BCUT2D eigenvalue weighted by molar-refractivity contribution is 5.82. The molecule has 0 aromatic heterocycles. The number of carbonyl (C=O) groups excluding carboxylic acids is 2. The van der Waals surface area contributed by atoms with Gasteiger partial charge in [-0.05, 0) is 42.9 Å². The summed E-state index contributed by atoms with van der Waals surface area (Å²) in [4.78, 5) is 26.4. The normalized spacial score (nSPS) is 23.7. The van der Waals surface area contributed by atoms with Crippen molar-refractivity contribution in [3.8, 4) is 5.75 Å². The van der Waals surface area contributed by atoms with E-state index in [2.05, 4.69) is 12.2 Å². The van der Waals surface area contributed by atoms with Crippen LogP contribution >= 0.6 is 0 Å². The fourth-order valence-electron chi connectivity index (χ4n) is 3.34. The first-order chi connectivity index (χ1) is 11.6. The molecule has 130 valence electrons. The number of ether oxygens (including phenoxy) is 1. The van der Waals surface area contributed by atoms with Gasteiger partial charge in [0.15, 0.2) is 0 Å². The number of benzene rings is 1. The summed E-state index contributed by atoms with van der Waals surface area (Å²) in [6.45, 7) is 3.55. The van der Waals surface area contributed by atoms with E-state index in [1.807, 2.05) is 29.2 Å². The largest absolute Gasteiger partial charge is 0.497 e. The van der Waals surface area contributed by atoms with E-state index in [1.54, 1.807) is 7.11 Å². The third kappa shape index (κ3) is 4.08. The molecule has 1 saturated carbocycles. The standard InChI is InChI=1S/C19H26N2O3/c1-13-10-17(13)19(23)20-15-6-8-21(9-7-15)18(22)12-14-4-3-5-16(11-14)24-2/h3-5,11,13,15,17H,6-10,12H2,1-2H3,(H,20,23). The average Bonchev–Trinajstić information content (AvgIpc) is 3.32. The minimum atomic E-state index is 0.142. The molecule has 2 unspecified atom stereocenters. The van der Waals surface area contributed by atoms with Gasteiger partial charge in [0.1, 0.15) is 5.75 Å². The average molecular weight is 330 g/mol. The highest BCUT2D eigenvalue weighted by atomic mass is 16.5. The molecule has 0 spiro atoms. The van der Waals surface area contributed by atoms with Crippen molar-refractivity contribution in [3.63, 3.8) is 0 Å². The van der Waals surface area contributed by atoms with Crippen LogP contribution in [0.3, 0.4) is 0 Å². The number of carbonyl (C=O) groups is 2. The Balaban J connectivity index is 1.45. The van der Waals surface area contributed by atoms with Gasteiger partial charge >= 0.3 is 0 Å². The SMILES string of the molecule is COc1cccc(CC(=O)N2CCC(NC(=O)C3CC3C)CC2)c1. The summed E-state index contributed by atoms with van der Waals surface area (Å²) in [5.41, 5.74) is 0.970. The van der Waals surface area contributed by atoms with Crippen LogP contribution in [0.25, 0.3) is 0 Å². The molecule has 5 heteroatoms. The second-order valence-electron chi connectivity index (χ2n) is 7.01. The van der Waals surface area contributed by atoms with Crippen LogP contribution in [0.2, 0.25) is 0 Å². The first-order valence-corrected chi connectivity index (χ1v) is 8.78. The molecular weight excluding hydrogens is 304 g/mol. The lowest BCUT2D eigenvalue weighted by Crippen LogP contribution is -2.47. The zero-order valence-corrected chi connectivity index (χ0v) is 14.5. The molecule has 1 heterocycles. The fraction of sp³-hybridized carbons (Fsp3) is 0.579. The summed E-state index contributed by atoms with van der Waals surface area (Å²) in [5, 5.41) is 3.14. The Hall–Kier alpha value is -2.04. The van der Waals surface area contributed by atoms with Gasteiger partial charge in [0.2, 0.25) is 11.8 Å². The van der Waals surface area contributed by atoms with Crippen molar-refractivity contribution in [2.75, 3.05) is 20.2 Å². The van der Waals surface area contributed by atoms with Gasteiger partial charge in [-0.2, -0.15) is 0 Å². The van der Waals surface area contributed by atoms with Gasteiger partial charge in [0.25, 0.3) is 0 Å². The number of likely N-dealkylation sites (tertiary alicyclic amines) is 1. The lowest BCUT2D eigenvalue weighted by molar-refractivity contribution is -0.131. The summed E-state index contributed by atoms with van der Waals surface area (Å²) in [5.74, 6) is 1.87. The summed E-state index contributed by atoms with van der Waals surface area (Å²) < 4.78 is 5.20. The molecule has 24 heavy (non-hydrogen) atoms. The summed E-state index contributed by atoms with van der Waals surface area (Å²) in [6.07, 6.45) is 3.10. The third-order valence-electron chi connectivity index (χ3n) is 5.13. The van der Waals surface area contributed by atoms with E-state index in [1.165, 1.54) is 0 Å². The minimum absolute atomic E-state index is 0.142. The molecule has 2 aliphatic rings. The van der Waals surface area contributed by atoms with Gasteiger partial charge in [-0.3, -0.25) is 9.59 Å². The molecule has 1 aromatic rings. The van der Waals surface area contributed by atoms with Crippen LogP contribution in [-0.4, -0.2) is 43.0 Å². The van der Waals surface area contributed by atoms with Crippen molar-refractivity contribution in [1.29, 1.82) is 0 Å². The lowest BCUT2D eigenvalue weighted by Gasteiger charge is -2.32. The highest BCUT2D eigenvalue weighted by Crippen LogP contribution is 2.37. The van der Waals surface area contributed by atoms with E-state index in [0.717, 1.165) is 30.6 Å². The van der Waals surface area contributed by atoms with Gasteiger partial charge in [0, 0.05) is 25.0 Å². The van der Waals surface area contributed by atoms with Crippen molar-refractivity contribution in [2.45, 2.75) is 38.6 Å². The molecule has 2 amide bonds. The monoisotopic (exact) mass is 330 g/mol. The molecule has 2 fully saturated rings. The van der Waals surface area contributed by atoms with Crippen molar-refractivity contribution < 1.29 is 14.3 Å². The van der Waals surface area contributed by atoms with Gasteiger partial charge in [-0.1, -0.05) is 19.1 Å². The maximum absolute atomic E-state index is 12.5. The zero-order valence-electron chi connectivity index (χ0n) is 14.5. The maximum Gasteiger partial charge on any atom is 0.226 e. The zero-order chi connectivity index (χ0) is 17.1. The van der Waals surface area contributed by atoms with E-state index in [0.29, 0.717) is 25.4 Å². The minimum Gasteiger partial charge on any atom is -0.497 e. The first kappa shape index (κ1) is 16.8. The Labute approximate surface area is 143 Å². The van der Waals surface area contributed by atoms with Crippen molar-refractivity contribution in [3.05, 3.63) is 29.8 Å². The molecule has 1 aliphatic carbocycles. The molecule has 2 atom stereocenters. The van der Waals surface area contributed by atoms with Crippen LogP contribution in [0, 0.1) is 11.8 Å². The number of hydrogen-bond acceptors (Lipinski definition) is 3. The molecule has 1 saturated heterocycles. The molecule has 1 aromatic carbocycles. The fourth-order valence-corrected chi connectivity index (χ4v) is 3.34. The Morgan fingerprint density at radius 3 is 2.62 bits per heavy atom. The number of methoxy groups -OCH3 is 1. The van der Waals surface area contributed by atoms with Gasteiger partial charge in [-0.25, -0.2) is 0 Å². The van der Waals surface area contributed by atoms with Crippen LogP contribution in [0.4, 0.5) is 0 Å². The lowest BCUT2D eigenvalue weighted by atomic mass is 10.0. The van der Waals surface area contributed by atoms with Crippen molar-refractivity contribution in [2.24, 2.45) is 11.8 Å². The third-order valence-corrected chi connectivity index (χ3v) is 5.13. The van der Waals surface area contributed by atoms with Crippen LogP contribution in [0.1, 0.15) is 31.7 Å². The Bertz CT molecular complexity index is 608. The number of piperidine rings is 1. The summed E-state index contributed by atoms with van der Waals surface area (Å²) >= 11 is 0. The molecule has 0 radical (unpaired) electrons. The Morgan fingerprint density at radius 2 is 2.00 bits per heavy atom.